The standard InChI is InChI=1S/C12H8ClN3O3/c13-9-5-6-14-11(7-9)15-12(17)8-1-3-10(4-2-8)16(18)19/h1-7H,(H,14,15,17). The molecule has 0 spiro atoms. The Hall–Kier alpha value is -2.47. The highest BCUT2D eigenvalue weighted by atomic mass is 35.5. The Morgan fingerprint density at radius 2 is 1.95 bits per heavy atom. The van der Waals surface area contributed by atoms with Crippen molar-refractivity contribution in [3.05, 3.63) is 63.3 Å². The molecule has 0 unspecified atom stereocenters. The molecule has 0 aliphatic carbocycles. The zero-order valence-corrected chi connectivity index (χ0v) is 10.3. The number of anilines is 1. The van der Waals surface area contributed by atoms with Gasteiger partial charge in [-0.2, -0.15) is 0 Å². The maximum absolute atomic E-state index is 11.8. The Labute approximate surface area is 113 Å². The van der Waals surface area contributed by atoms with Gasteiger partial charge in [0, 0.05) is 28.9 Å². The number of carbonyl (C=O) groups is 1. The van der Waals surface area contributed by atoms with Gasteiger partial charge in [-0.05, 0) is 24.3 Å². The number of hydrogen-bond donors (Lipinski definition) is 1. The number of nitrogens with zero attached hydrogens (tertiary/aromatic N) is 2. The van der Waals surface area contributed by atoms with Gasteiger partial charge < -0.3 is 5.32 Å². The van der Waals surface area contributed by atoms with E-state index in [-0.39, 0.29) is 5.69 Å². The monoisotopic (exact) mass is 277 g/mol. The molecule has 7 heteroatoms. The van der Waals surface area contributed by atoms with Gasteiger partial charge in [0.25, 0.3) is 11.6 Å². The van der Waals surface area contributed by atoms with Crippen LogP contribution in [0.5, 0.6) is 0 Å². The van der Waals surface area contributed by atoms with Gasteiger partial charge in [-0.15, -0.1) is 0 Å². The molecule has 96 valence electrons. The van der Waals surface area contributed by atoms with Crippen molar-refractivity contribution in [1.82, 2.24) is 4.98 Å². The molecule has 1 heterocycles. The van der Waals surface area contributed by atoms with E-state index in [9.17, 15) is 14.9 Å². The van der Waals surface area contributed by atoms with E-state index in [1.165, 1.54) is 36.5 Å². The summed E-state index contributed by atoms with van der Waals surface area (Å²) in [5.74, 6) is -0.0967. The third-order valence-electron chi connectivity index (χ3n) is 2.30. The summed E-state index contributed by atoms with van der Waals surface area (Å²) in [6.07, 6.45) is 1.47. The fraction of sp³-hybridized carbons (Fsp3) is 0. The summed E-state index contributed by atoms with van der Waals surface area (Å²) in [6.45, 7) is 0. The first-order valence-electron chi connectivity index (χ1n) is 5.23. The van der Waals surface area contributed by atoms with E-state index in [1.807, 2.05) is 0 Å². The first-order valence-corrected chi connectivity index (χ1v) is 5.61. The van der Waals surface area contributed by atoms with Crippen LogP contribution in [0.25, 0.3) is 0 Å². The maximum Gasteiger partial charge on any atom is 0.269 e. The highest BCUT2D eigenvalue weighted by molar-refractivity contribution is 6.30. The van der Waals surface area contributed by atoms with Gasteiger partial charge >= 0.3 is 0 Å². The molecule has 19 heavy (non-hydrogen) atoms. The number of carbonyl (C=O) groups excluding carboxylic acids is 1. The van der Waals surface area contributed by atoms with Gasteiger partial charge in [-0.3, -0.25) is 14.9 Å². The zero-order valence-electron chi connectivity index (χ0n) is 9.54. The van der Waals surface area contributed by atoms with Crippen LogP contribution in [0.2, 0.25) is 5.02 Å². The zero-order chi connectivity index (χ0) is 13.8. The van der Waals surface area contributed by atoms with Gasteiger partial charge in [0.2, 0.25) is 0 Å². The van der Waals surface area contributed by atoms with Crippen LogP contribution < -0.4 is 5.32 Å². The number of benzene rings is 1. The lowest BCUT2D eigenvalue weighted by atomic mass is 10.2. The molecule has 0 atom stereocenters. The Bertz CT molecular complexity index is 628. The van der Waals surface area contributed by atoms with Crippen LogP contribution in [0.15, 0.2) is 42.6 Å². The number of halogens is 1. The van der Waals surface area contributed by atoms with Crippen molar-refractivity contribution in [3.63, 3.8) is 0 Å². The molecule has 1 aromatic carbocycles. The second kappa shape index (κ2) is 5.45. The van der Waals surface area contributed by atoms with Crippen molar-refractivity contribution in [3.8, 4) is 0 Å². The third-order valence-corrected chi connectivity index (χ3v) is 2.54. The fourth-order valence-electron chi connectivity index (χ4n) is 1.40. The number of nitro benzene ring substituents is 1. The number of pyridine rings is 1. The number of hydrogen-bond acceptors (Lipinski definition) is 4. The molecular formula is C12H8ClN3O3. The van der Waals surface area contributed by atoms with Crippen LogP contribution >= 0.6 is 11.6 Å². The first kappa shape index (κ1) is 13.0. The molecule has 0 aliphatic rings. The van der Waals surface area contributed by atoms with Crippen molar-refractivity contribution >= 4 is 29.0 Å². The van der Waals surface area contributed by atoms with Crippen LogP contribution in [-0.2, 0) is 0 Å². The predicted octanol–water partition coefficient (Wildman–Crippen LogP) is 2.90. The van der Waals surface area contributed by atoms with Crippen molar-refractivity contribution in [1.29, 1.82) is 0 Å². The average Bonchev–Trinajstić information content (AvgIpc) is 2.39. The van der Waals surface area contributed by atoms with Gasteiger partial charge in [-0.1, -0.05) is 11.6 Å². The van der Waals surface area contributed by atoms with Crippen molar-refractivity contribution in [2.45, 2.75) is 0 Å². The number of rotatable bonds is 3. The summed E-state index contributed by atoms with van der Waals surface area (Å²) in [6, 6.07) is 8.37. The van der Waals surface area contributed by atoms with Crippen molar-refractivity contribution < 1.29 is 9.72 Å². The van der Waals surface area contributed by atoms with Gasteiger partial charge in [-0.25, -0.2) is 4.98 Å². The van der Waals surface area contributed by atoms with Crippen LogP contribution in [0.1, 0.15) is 10.4 Å². The smallest absolute Gasteiger partial charge is 0.269 e. The van der Waals surface area contributed by atoms with E-state index < -0.39 is 10.8 Å². The topological polar surface area (TPSA) is 85.1 Å². The minimum Gasteiger partial charge on any atom is -0.307 e. The highest BCUT2D eigenvalue weighted by Gasteiger charge is 2.10. The molecule has 1 amide bonds. The molecule has 0 fully saturated rings. The van der Waals surface area contributed by atoms with E-state index >= 15 is 0 Å². The average molecular weight is 278 g/mol. The van der Waals surface area contributed by atoms with E-state index in [2.05, 4.69) is 10.3 Å². The molecule has 0 bridgehead atoms. The van der Waals surface area contributed by atoms with E-state index in [0.717, 1.165) is 0 Å². The SMILES string of the molecule is O=C(Nc1cc(Cl)ccn1)c1ccc([N+](=O)[O-])cc1. The first-order chi connectivity index (χ1) is 9.06. The number of amides is 1. The number of non-ortho nitro benzene ring substituents is 1. The van der Waals surface area contributed by atoms with Gasteiger partial charge in [0.1, 0.15) is 5.82 Å². The Morgan fingerprint density at radius 3 is 2.53 bits per heavy atom. The second-order valence-electron chi connectivity index (χ2n) is 3.62. The summed E-state index contributed by atoms with van der Waals surface area (Å²) < 4.78 is 0. The van der Waals surface area contributed by atoms with Gasteiger partial charge in [0.05, 0.1) is 4.92 Å². The molecule has 6 nitrogen and oxygen atoms in total. The second-order valence-corrected chi connectivity index (χ2v) is 4.05. The summed E-state index contributed by atoms with van der Waals surface area (Å²) in [5, 5.41) is 13.5. The third kappa shape index (κ3) is 3.26. The molecule has 1 aromatic heterocycles. The van der Waals surface area contributed by atoms with Crippen LogP contribution in [0.3, 0.4) is 0 Å². The van der Waals surface area contributed by atoms with Crippen molar-refractivity contribution in [2.24, 2.45) is 0 Å². The minimum absolute atomic E-state index is 0.0718. The highest BCUT2D eigenvalue weighted by Crippen LogP contribution is 2.15. The Morgan fingerprint density at radius 1 is 1.26 bits per heavy atom. The maximum atomic E-state index is 11.8. The molecule has 1 N–H and O–H groups in total. The van der Waals surface area contributed by atoms with Crippen LogP contribution in [-0.4, -0.2) is 15.8 Å². The summed E-state index contributed by atoms with van der Waals surface area (Å²) in [5.41, 5.74) is 0.227. The lowest BCUT2D eigenvalue weighted by Gasteiger charge is -2.04. The molecule has 0 saturated heterocycles. The van der Waals surface area contributed by atoms with Crippen LogP contribution in [0, 0.1) is 10.1 Å². The Balaban J connectivity index is 2.14. The summed E-state index contributed by atoms with van der Waals surface area (Å²) in [4.78, 5) is 25.7. The summed E-state index contributed by atoms with van der Waals surface area (Å²) >= 11 is 5.76. The quantitative estimate of drug-likeness (QED) is 0.690. The normalized spacial score (nSPS) is 9.95. The minimum atomic E-state index is -0.528. The molecular weight excluding hydrogens is 270 g/mol. The molecule has 2 aromatic rings. The van der Waals surface area contributed by atoms with Crippen LogP contribution in [0.4, 0.5) is 11.5 Å². The van der Waals surface area contributed by atoms with Gasteiger partial charge in [0.15, 0.2) is 0 Å². The number of nitro groups is 1. The predicted molar refractivity (Wildman–Crippen MR) is 70.3 cm³/mol. The molecule has 0 aliphatic heterocycles. The fourth-order valence-corrected chi connectivity index (χ4v) is 1.56. The lowest BCUT2D eigenvalue weighted by molar-refractivity contribution is -0.384. The van der Waals surface area contributed by atoms with E-state index in [0.29, 0.717) is 16.4 Å². The molecule has 0 radical (unpaired) electrons. The van der Waals surface area contributed by atoms with E-state index in [4.69, 9.17) is 11.6 Å². The molecule has 0 saturated carbocycles. The molecule has 2 rings (SSSR count). The number of nitrogens with one attached hydrogen (secondary N) is 1. The lowest BCUT2D eigenvalue weighted by Crippen LogP contribution is -2.12. The largest absolute Gasteiger partial charge is 0.307 e. The Kier molecular flexibility index (Phi) is 3.72. The summed E-state index contributed by atoms with van der Waals surface area (Å²) in [7, 11) is 0. The van der Waals surface area contributed by atoms with Crippen molar-refractivity contribution in [2.75, 3.05) is 5.32 Å². The number of aromatic nitrogens is 1. The van der Waals surface area contributed by atoms with E-state index in [1.54, 1.807) is 6.07 Å².